The van der Waals surface area contributed by atoms with E-state index in [1.54, 1.807) is 0 Å². The van der Waals surface area contributed by atoms with Gasteiger partial charge in [0.1, 0.15) is 0 Å². The molecule has 2 nitrogen and oxygen atoms in total. The molecule has 0 aromatic rings. The van der Waals surface area contributed by atoms with Crippen LogP contribution in [0.15, 0.2) is 0 Å². The molecule has 0 rings (SSSR count). The van der Waals surface area contributed by atoms with Crippen molar-refractivity contribution in [1.29, 1.82) is 0 Å². The largest absolute Gasteiger partial charge is 0.724 e. The van der Waals surface area contributed by atoms with Crippen molar-refractivity contribution >= 4 is 17.0 Å². The molecule has 0 saturated heterocycles. The van der Waals surface area contributed by atoms with Crippen molar-refractivity contribution in [2.45, 2.75) is 0 Å². The van der Waals surface area contributed by atoms with Crippen molar-refractivity contribution in [1.82, 2.24) is 0 Å². The zero-order valence-corrected chi connectivity index (χ0v) is 5.58. The molecule has 0 N–H and O–H groups in total. The Bertz CT molecular complexity index is 54.0. The van der Waals surface area contributed by atoms with E-state index in [0.29, 0.717) is 17.0 Å². The second kappa shape index (κ2) is 9.21. The van der Waals surface area contributed by atoms with E-state index in [4.69, 9.17) is 10.2 Å². The van der Waals surface area contributed by atoms with Gasteiger partial charge in [-0.2, -0.15) is 0 Å². The quantitative estimate of drug-likeness (QED) is 0.258. The third-order valence-electron chi connectivity index (χ3n) is 0. The van der Waals surface area contributed by atoms with Crippen LogP contribution in [-0.2, 0) is 15.7 Å². The molecule has 42 valence electrons. The summed E-state index contributed by atoms with van der Waals surface area (Å²) in [7, 11) is 0.639. The van der Waals surface area contributed by atoms with Crippen LogP contribution in [0.4, 0.5) is 0 Å². The maximum Gasteiger partial charge on any atom is 0.0969 e. The van der Waals surface area contributed by atoms with E-state index in [1.807, 2.05) is 0 Å². The van der Waals surface area contributed by atoms with E-state index in [1.165, 1.54) is 0 Å². The Morgan fingerprint density at radius 2 is 1.43 bits per heavy atom. The van der Waals surface area contributed by atoms with Gasteiger partial charge in [0, 0.05) is 0 Å². The Kier molecular flexibility index (Phi) is 13.0. The highest BCUT2D eigenvalue weighted by Crippen LogP contribution is 1.63. The number of rotatable bonds is 0. The van der Waals surface area contributed by atoms with Gasteiger partial charge >= 0.3 is 0 Å². The van der Waals surface area contributed by atoms with Gasteiger partial charge in [0.25, 0.3) is 0 Å². The summed E-state index contributed by atoms with van der Waals surface area (Å²) in [4.78, 5) is 8.24. The van der Waals surface area contributed by atoms with Crippen molar-refractivity contribution in [2.75, 3.05) is 18.8 Å². The monoisotopic (exact) mass is 119 g/mol. The maximum absolute atomic E-state index is 8.24. The normalized spacial score (nSPS) is 6.29. The lowest BCUT2D eigenvalue weighted by molar-refractivity contribution is 0.569. The first-order valence-corrected chi connectivity index (χ1v) is 4.10. The number of nitrogens with zero attached hydrogens (tertiary/aromatic N) is 1. The zero-order valence-electron chi connectivity index (χ0n) is 4.76. The molecule has 0 aliphatic heterocycles. The van der Waals surface area contributed by atoms with Crippen molar-refractivity contribution in [2.24, 2.45) is 0 Å². The lowest BCUT2D eigenvalue weighted by Crippen LogP contribution is -1.84. The van der Waals surface area contributed by atoms with Gasteiger partial charge in [-0.05, 0) is 17.0 Å². The van der Waals surface area contributed by atoms with Gasteiger partial charge in [0.05, 0.1) is 18.8 Å². The smallest absolute Gasteiger partial charge is 0.0969 e. The molecule has 0 heterocycles. The van der Waals surface area contributed by atoms with Gasteiger partial charge in [0.15, 0.2) is 0 Å². The van der Waals surface area contributed by atoms with Gasteiger partial charge in [-0.1, -0.05) is 0 Å². The molecule has 0 aliphatic rings. The molecule has 0 unspecified atom stereocenters. The average Bonchev–Trinajstić information content (AvgIpc) is 1.33. The van der Waals surface area contributed by atoms with Crippen LogP contribution in [0.5, 0.6) is 0 Å². The molecule has 0 aromatic carbocycles. The number of hydrogen-bond donors (Lipinski definition) is 0. The van der Waals surface area contributed by atoms with Gasteiger partial charge in [-0.15, -0.1) is 0 Å². The van der Waals surface area contributed by atoms with E-state index in [-0.39, 0.29) is 0 Å². The van der Waals surface area contributed by atoms with Gasteiger partial charge in [-0.25, -0.2) is 0 Å². The Balaban J connectivity index is 0. The highest BCUT2D eigenvalue weighted by molar-refractivity contribution is 7.94. The molecule has 0 amide bonds. The Morgan fingerprint density at radius 3 is 1.43 bits per heavy atom. The molecule has 7 heavy (non-hydrogen) atoms. The van der Waals surface area contributed by atoms with Crippen LogP contribution in [-0.4, -0.2) is 24.8 Å². The molecule has 0 saturated carbocycles. The lowest BCUT2D eigenvalue weighted by atomic mass is 11.7. The minimum Gasteiger partial charge on any atom is -0.724 e. The summed E-state index contributed by atoms with van der Waals surface area (Å²) in [6.07, 6.45) is 7.08. The van der Waals surface area contributed by atoms with Crippen molar-refractivity contribution < 1.29 is 4.79 Å². The summed E-state index contributed by atoms with van der Waals surface area (Å²) in [6.45, 7) is 0. The van der Waals surface area contributed by atoms with Crippen LogP contribution < -0.4 is 0 Å². The second-order valence-electron chi connectivity index (χ2n) is 1.32. The second-order valence-corrected chi connectivity index (χ2v) is 3.77. The van der Waals surface area contributed by atoms with Crippen molar-refractivity contribution in [3.63, 3.8) is 0 Å². The SMILES string of the molecule is C[S+](C)C.[N-]=C=O. The minimum atomic E-state index is 0.500. The van der Waals surface area contributed by atoms with Crippen LogP contribution in [0.2, 0.25) is 0 Å². The zero-order chi connectivity index (χ0) is 6.28. The number of isocyanates is 1. The van der Waals surface area contributed by atoms with E-state index >= 15 is 0 Å². The fourth-order valence-electron chi connectivity index (χ4n) is 0. The molecular formula is C4H9NOS. The number of hydrogen-bond acceptors (Lipinski definition) is 1. The Morgan fingerprint density at radius 1 is 1.43 bits per heavy atom. The first kappa shape index (κ1) is 9.88. The summed E-state index contributed by atoms with van der Waals surface area (Å²) in [6, 6.07) is 0. The van der Waals surface area contributed by atoms with E-state index in [2.05, 4.69) is 18.8 Å². The molecule has 0 spiro atoms. The van der Waals surface area contributed by atoms with Crippen LogP contribution in [0.3, 0.4) is 0 Å². The van der Waals surface area contributed by atoms with E-state index in [9.17, 15) is 0 Å². The lowest BCUT2D eigenvalue weighted by Gasteiger charge is -1.69. The molecule has 0 fully saturated rings. The summed E-state index contributed by atoms with van der Waals surface area (Å²) in [5.74, 6) is 0. The van der Waals surface area contributed by atoms with E-state index in [0.717, 1.165) is 0 Å². The highest BCUT2D eigenvalue weighted by atomic mass is 32.2. The van der Waals surface area contributed by atoms with Gasteiger partial charge in [0.2, 0.25) is 0 Å². The minimum absolute atomic E-state index is 0.500. The summed E-state index contributed by atoms with van der Waals surface area (Å²) < 4.78 is 0. The first-order valence-electron chi connectivity index (χ1n) is 1.65. The van der Waals surface area contributed by atoms with E-state index < -0.39 is 0 Å². The molecular weight excluding hydrogens is 110 g/mol. The predicted octanol–water partition coefficient (Wildman–Crippen LogP) is 0.386. The summed E-state index contributed by atoms with van der Waals surface area (Å²) in [5.41, 5.74) is 0. The first-order chi connectivity index (χ1) is 3.15. The molecule has 0 aliphatic carbocycles. The standard InChI is InChI=1S/C3H9S.CNO/c1-4(2)3;2-1-3/h1-3H3;/q+1;-1. The molecule has 0 atom stereocenters. The van der Waals surface area contributed by atoms with Crippen LogP contribution in [0.25, 0.3) is 5.41 Å². The predicted molar refractivity (Wildman–Crippen MR) is 34.2 cm³/mol. The van der Waals surface area contributed by atoms with Gasteiger partial charge in [-0.3, -0.25) is 4.79 Å². The molecule has 3 heteroatoms. The third kappa shape index (κ3) is 1090. The maximum atomic E-state index is 8.24. The molecule has 0 radical (unpaired) electrons. The summed E-state index contributed by atoms with van der Waals surface area (Å²) >= 11 is 0. The van der Waals surface area contributed by atoms with Crippen LogP contribution >= 0.6 is 0 Å². The number of carbonyl (C=O) groups excluding carboxylic acids is 1. The average molecular weight is 119 g/mol. The fraction of sp³-hybridized carbons (Fsp3) is 0.750. The topological polar surface area (TPSA) is 39.4 Å². The van der Waals surface area contributed by atoms with Crippen LogP contribution in [0, 0.1) is 0 Å². The Hall–Kier alpha value is -0.270. The fourth-order valence-corrected chi connectivity index (χ4v) is 0. The van der Waals surface area contributed by atoms with Crippen LogP contribution in [0.1, 0.15) is 0 Å². The van der Waals surface area contributed by atoms with Crippen molar-refractivity contribution in [3.8, 4) is 0 Å². The summed E-state index contributed by atoms with van der Waals surface area (Å²) in [5, 5.41) is 6.76. The van der Waals surface area contributed by atoms with Crippen molar-refractivity contribution in [3.05, 3.63) is 5.41 Å². The highest BCUT2D eigenvalue weighted by Gasteiger charge is 1.77. The molecule has 0 bridgehead atoms. The van der Waals surface area contributed by atoms with Gasteiger partial charge < -0.3 is 5.41 Å². The Labute approximate surface area is 46.8 Å². The molecule has 0 aromatic heterocycles. The third-order valence-corrected chi connectivity index (χ3v) is 0.